The van der Waals surface area contributed by atoms with E-state index in [1.54, 1.807) is 28.6 Å². The van der Waals surface area contributed by atoms with Crippen LogP contribution in [-0.4, -0.2) is 73.2 Å². The van der Waals surface area contributed by atoms with Gasteiger partial charge in [-0.05, 0) is 82.6 Å². The maximum Gasteiger partial charge on any atom is 0.243 e. The maximum atomic E-state index is 13.5. The van der Waals surface area contributed by atoms with E-state index in [2.05, 4.69) is 18.7 Å². The number of sulfonamides is 1. The van der Waals surface area contributed by atoms with Crippen LogP contribution in [0.1, 0.15) is 57.9 Å². The van der Waals surface area contributed by atoms with Crippen LogP contribution in [0.5, 0.6) is 0 Å². The van der Waals surface area contributed by atoms with Gasteiger partial charge >= 0.3 is 0 Å². The van der Waals surface area contributed by atoms with Crippen LogP contribution in [0, 0.1) is 23.2 Å². The molecule has 2 aliphatic carbocycles. The van der Waals surface area contributed by atoms with Crippen molar-refractivity contribution in [1.29, 1.82) is 5.26 Å². The molecule has 1 aromatic carbocycles. The molecule has 0 bridgehead atoms. The van der Waals surface area contributed by atoms with Crippen LogP contribution in [0.4, 0.5) is 0 Å². The first-order valence-electron chi connectivity index (χ1n) is 12.3. The molecule has 0 radical (unpaired) electrons. The van der Waals surface area contributed by atoms with Gasteiger partial charge < -0.3 is 4.90 Å². The predicted molar refractivity (Wildman–Crippen MR) is 127 cm³/mol. The zero-order valence-corrected chi connectivity index (χ0v) is 20.6. The number of benzene rings is 1. The van der Waals surface area contributed by atoms with Crippen LogP contribution in [0.25, 0.3) is 0 Å². The zero-order valence-electron chi connectivity index (χ0n) is 19.8. The van der Waals surface area contributed by atoms with Crippen molar-refractivity contribution in [2.75, 3.05) is 32.7 Å². The highest BCUT2D eigenvalue weighted by molar-refractivity contribution is 7.89. The fourth-order valence-electron chi connectivity index (χ4n) is 5.16. The third-order valence-electron chi connectivity index (χ3n) is 7.53. The topological polar surface area (TPSA) is 84.7 Å². The number of carbonyl (C=O) groups is 1. The van der Waals surface area contributed by atoms with Crippen molar-refractivity contribution in [2.24, 2.45) is 11.8 Å². The van der Waals surface area contributed by atoms with Crippen molar-refractivity contribution >= 4 is 15.9 Å². The molecule has 3 fully saturated rings. The Morgan fingerprint density at radius 1 is 1.03 bits per heavy atom. The number of nitriles is 1. The van der Waals surface area contributed by atoms with Gasteiger partial charge in [-0.25, -0.2) is 8.42 Å². The Morgan fingerprint density at radius 2 is 1.64 bits per heavy atom. The summed E-state index contributed by atoms with van der Waals surface area (Å²) in [6, 6.07) is 8.70. The Bertz CT molecular complexity index is 966. The van der Waals surface area contributed by atoms with E-state index in [1.165, 1.54) is 0 Å². The first kappa shape index (κ1) is 24.2. The molecule has 1 saturated heterocycles. The van der Waals surface area contributed by atoms with E-state index in [1.807, 2.05) is 11.0 Å². The summed E-state index contributed by atoms with van der Waals surface area (Å²) in [4.78, 5) is 17.8. The Kier molecular flexibility index (Phi) is 7.42. The summed E-state index contributed by atoms with van der Waals surface area (Å²) >= 11 is 0. The molecule has 0 atom stereocenters. The van der Waals surface area contributed by atoms with Gasteiger partial charge in [0.1, 0.15) is 0 Å². The number of piperazine rings is 1. The van der Waals surface area contributed by atoms with Crippen molar-refractivity contribution < 1.29 is 13.2 Å². The molecular weight excluding hydrogens is 436 g/mol. The van der Waals surface area contributed by atoms with E-state index in [0.717, 1.165) is 64.7 Å². The minimum atomic E-state index is -3.63. The number of amides is 1. The van der Waals surface area contributed by atoms with Crippen molar-refractivity contribution in [1.82, 2.24) is 14.1 Å². The second-order valence-electron chi connectivity index (χ2n) is 10.1. The molecule has 0 unspecified atom stereocenters. The summed E-state index contributed by atoms with van der Waals surface area (Å²) < 4.78 is 28.7. The summed E-state index contributed by atoms with van der Waals surface area (Å²) in [7, 11) is -3.63. The molecule has 1 aliphatic heterocycles. The second kappa shape index (κ2) is 10.1. The fourth-order valence-corrected chi connectivity index (χ4v) is 6.92. The van der Waals surface area contributed by atoms with E-state index >= 15 is 0 Å². The summed E-state index contributed by atoms with van der Waals surface area (Å²) in [6.07, 6.45) is 5.11. The lowest BCUT2D eigenvalue weighted by Gasteiger charge is -2.40. The molecule has 8 heteroatoms. The third-order valence-corrected chi connectivity index (χ3v) is 9.47. The molecule has 0 N–H and O–H groups in total. The van der Waals surface area contributed by atoms with Crippen molar-refractivity contribution in [3.63, 3.8) is 0 Å². The summed E-state index contributed by atoms with van der Waals surface area (Å²) in [5.74, 6) is 0.697. The van der Waals surface area contributed by atoms with Crippen LogP contribution in [0.15, 0.2) is 29.2 Å². The van der Waals surface area contributed by atoms with Crippen molar-refractivity contribution in [3.05, 3.63) is 29.8 Å². The molecule has 33 heavy (non-hydrogen) atoms. The van der Waals surface area contributed by atoms with Gasteiger partial charge in [-0.1, -0.05) is 0 Å². The number of nitrogens with zero attached hydrogens (tertiary/aromatic N) is 4. The molecule has 0 spiro atoms. The van der Waals surface area contributed by atoms with E-state index in [-0.39, 0.29) is 22.8 Å². The maximum absolute atomic E-state index is 13.5. The second-order valence-corrected chi connectivity index (χ2v) is 12.0. The fraction of sp³-hybridized carbons (Fsp3) is 0.680. The quantitative estimate of drug-likeness (QED) is 0.609. The largest absolute Gasteiger partial charge is 0.340 e. The van der Waals surface area contributed by atoms with Gasteiger partial charge in [0.15, 0.2) is 0 Å². The van der Waals surface area contributed by atoms with E-state index in [4.69, 9.17) is 5.26 Å². The zero-order chi connectivity index (χ0) is 23.6. The highest BCUT2D eigenvalue weighted by Crippen LogP contribution is 2.37. The molecule has 3 aliphatic rings. The number of hydrogen-bond acceptors (Lipinski definition) is 5. The molecule has 1 amide bonds. The van der Waals surface area contributed by atoms with Gasteiger partial charge in [0.25, 0.3) is 0 Å². The lowest BCUT2D eigenvalue weighted by Crippen LogP contribution is -2.52. The van der Waals surface area contributed by atoms with Gasteiger partial charge in [0.05, 0.1) is 16.5 Å². The van der Waals surface area contributed by atoms with E-state index in [0.29, 0.717) is 24.1 Å². The average Bonchev–Trinajstić information content (AvgIpc) is 3.66. The van der Waals surface area contributed by atoms with Gasteiger partial charge in [0.2, 0.25) is 15.9 Å². The number of hydrogen-bond donors (Lipinski definition) is 0. The van der Waals surface area contributed by atoms with Gasteiger partial charge in [0, 0.05) is 50.7 Å². The monoisotopic (exact) mass is 472 g/mol. The first-order chi connectivity index (χ1) is 15.8. The van der Waals surface area contributed by atoms with Crippen molar-refractivity contribution in [3.8, 4) is 6.07 Å². The number of carbonyl (C=O) groups excluding carboxylic acids is 1. The lowest BCUT2D eigenvalue weighted by molar-refractivity contribution is -0.138. The minimum Gasteiger partial charge on any atom is -0.340 e. The summed E-state index contributed by atoms with van der Waals surface area (Å²) in [5.41, 5.74) is 0.455. The minimum absolute atomic E-state index is 0.00670. The molecule has 180 valence electrons. The van der Waals surface area contributed by atoms with Gasteiger partial charge in [-0.15, -0.1) is 0 Å². The van der Waals surface area contributed by atoms with Crippen molar-refractivity contribution in [2.45, 2.75) is 69.4 Å². The molecule has 2 saturated carbocycles. The van der Waals surface area contributed by atoms with Crippen LogP contribution in [0.3, 0.4) is 0 Å². The first-order valence-corrected chi connectivity index (χ1v) is 13.8. The van der Waals surface area contributed by atoms with Gasteiger partial charge in [-0.3, -0.25) is 9.69 Å². The Balaban J connectivity index is 1.39. The van der Waals surface area contributed by atoms with Crippen LogP contribution < -0.4 is 0 Å². The van der Waals surface area contributed by atoms with E-state index in [9.17, 15) is 13.2 Å². The predicted octanol–water partition coefficient (Wildman–Crippen LogP) is 3.07. The Labute approximate surface area is 198 Å². The van der Waals surface area contributed by atoms with Crippen LogP contribution >= 0.6 is 0 Å². The average molecular weight is 473 g/mol. The highest BCUT2D eigenvalue weighted by atomic mass is 32.2. The molecule has 4 rings (SSSR count). The lowest BCUT2D eigenvalue weighted by atomic mass is 9.85. The van der Waals surface area contributed by atoms with E-state index < -0.39 is 10.0 Å². The Morgan fingerprint density at radius 3 is 2.15 bits per heavy atom. The van der Waals surface area contributed by atoms with Crippen LogP contribution in [0.2, 0.25) is 0 Å². The molecule has 1 aromatic rings. The Hall–Kier alpha value is -1.95. The standard InChI is InChI=1S/C25H36N4O3S/c1-19(2)27-13-15-28(16-14-27)25(30)22-7-9-23(10-8-22)29(18-21-3-4-21)33(31,32)24-11-5-20(17-26)6-12-24/h5-6,11-12,19,21-23H,3-4,7-10,13-16,18H2,1-2H3/t22-,23-. The SMILES string of the molecule is CC(C)N1CCN(C(=O)[C@H]2CC[C@H](N(CC3CC3)S(=O)(=O)c3ccc(C#N)cc3)CC2)CC1. The summed E-state index contributed by atoms with van der Waals surface area (Å²) in [5, 5.41) is 9.03. The summed E-state index contributed by atoms with van der Waals surface area (Å²) in [6.45, 7) is 8.38. The van der Waals surface area contributed by atoms with Crippen LogP contribution in [-0.2, 0) is 14.8 Å². The number of rotatable bonds is 7. The molecular formula is C25H36N4O3S. The molecule has 7 nitrogen and oxygen atoms in total. The smallest absolute Gasteiger partial charge is 0.243 e. The third kappa shape index (κ3) is 5.59. The van der Waals surface area contributed by atoms with Gasteiger partial charge in [-0.2, -0.15) is 9.57 Å². The highest BCUT2D eigenvalue weighted by Gasteiger charge is 2.39. The normalized spacial score (nSPS) is 24.8. The molecule has 1 heterocycles. The molecule has 0 aromatic heterocycles.